The lowest BCUT2D eigenvalue weighted by Gasteiger charge is -2.14. The minimum atomic E-state index is -0.833. The van der Waals surface area contributed by atoms with Gasteiger partial charge in [-0.15, -0.1) is 0 Å². The maximum absolute atomic E-state index is 12.2. The predicted molar refractivity (Wildman–Crippen MR) is 106 cm³/mol. The van der Waals surface area contributed by atoms with Crippen LogP contribution in [-0.4, -0.2) is 49.1 Å². The number of fused-ring (bicyclic) bond motifs is 1. The van der Waals surface area contributed by atoms with Gasteiger partial charge in [0, 0.05) is 24.2 Å². The molecule has 0 spiro atoms. The number of hydrogen-bond donors (Lipinski definition) is 3. The number of ether oxygens (including phenoxy) is 4. The maximum atomic E-state index is 12.2. The quantitative estimate of drug-likeness (QED) is 0.498. The topological polar surface area (TPSA) is 144 Å². The Bertz CT molecular complexity index is 959. The molecule has 2 heterocycles. The number of amides is 1. The predicted octanol–water partition coefficient (Wildman–Crippen LogP) is 2.19. The molecule has 0 radical (unpaired) electrons. The number of nitrogens with zero attached hydrogens (tertiary/aromatic N) is 1. The number of nitrogens with two attached hydrogens (primary N) is 1. The van der Waals surface area contributed by atoms with Crippen molar-refractivity contribution in [2.75, 3.05) is 24.8 Å². The molecular weight excluding hydrogens is 394 g/mol. The fraction of sp³-hybridized carbons (Fsp3) is 0.250. The molecule has 158 valence electrons. The summed E-state index contributed by atoms with van der Waals surface area (Å²) in [4.78, 5) is 22.7. The molecule has 0 saturated carbocycles. The van der Waals surface area contributed by atoms with Gasteiger partial charge in [0.1, 0.15) is 18.2 Å². The lowest BCUT2D eigenvalue weighted by atomic mass is 10.1. The van der Waals surface area contributed by atoms with E-state index in [1.165, 1.54) is 4.90 Å². The first-order valence-corrected chi connectivity index (χ1v) is 8.98. The maximum Gasteiger partial charge on any atom is 0.414 e. The molecule has 10 nitrogen and oxygen atoms in total. The standard InChI is InChI=1S/C18H17N3O5.C2H4O2/c19-17(20)11-2-1-3-12(6-11)21-8-14(26-18(21)22)9-23-13-4-5-15-16(7-13)25-10-24-15;1-2(3)4/h1-7,14H,8-10H2,(H3,19,20);1H3,(H,3,4). The molecule has 1 amide bonds. The molecular formula is C20H21N3O7. The molecule has 1 fully saturated rings. The fourth-order valence-corrected chi connectivity index (χ4v) is 2.82. The highest BCUT2D eigenvalue weighted by atomic mass is 16.7. The Morgan fingerprint density at radius 3 is 2.73 bits per heavy atom. The van der Waals surface area contributed by atoms with E-state index < -0.39 is 18.2 Å². The summed E-state index contributed by atoms with van der Waals surface area (Å²) in [5.41, 5.74) is 6.69. The van der Waals surface area contributed by atoms with Crippen LogP contribution >= 0.6 is 0 Å². The summed E-state index contributed by atoms with van der Waals surface area (Å²) in [6, 6.07) is 12.2. The highest BCUT2D eigenvalue weighted by molar-refractivity contribution is 5.97. The van der Waals surface area contributed by atoms with Crippen LogP contribution in [0.5, 0.6) is 17.2 Å². The normalized spacial score (nSPS) is 16.4. The molecule has 0 bridgehead atoms. The van der Waals surface area contributed by atoms with Gasteiger partial charge in [0.05, 0.1) is 6.54 Å². The Morgan fingerprint density at radius 1 is 1.27 bits per heavy atom. The number of rotatable bonds is 5. The van der Waals surface area contributed by atoms with Crippen LogP contribution < -0.4 is 24.8 Å². The molecule has 4 rings (SSSR count). The molecule has 1 saturated heterocycles. The van der Waals surface area contributed by atoms with E-state index in [9.17, 15) is 4.79 Å². The Hall–Kier alpha value is -3.95. The summed E-state index contributed by atoms with van der Waals surface area (Å²) in [5, 5.41) is 14.9. The van der Waals surface area contributed by atoms with Gasteiger partial charge in [-0.25, -0.2) is 4.79 Å². The minimum Gasteiger partial charge on any atom is -0.490 e. The molecule has 4 N–H and O–H groups in total. The van der Waals surface area contributed by atoms with Gasteiger partial charge in [-0.1, -0.05) is 12.1 Å². The Morgan fingerprint density at radius 2 is 2.00 bits per heavy atom. The SMILES string of the molecule is CC(=O)O.N=C(N)c1cccc(N2CC(COc3ccc4c(c3)OCO4)OC2=O)c1. The Balaban J connectivity index is 0.000000589. The molecule has 0 aromatic heterocycles. The number of carboxylic acids is 1. The first kappa shape index (κ1) is 20.8. The van der Waals surface area contributed by atoms with Crippen molar-refractivity contribution in [1.29, 1.82) is 5.41 Å². The number of hydrogen-bond acceptors (Lipinski definition) is 7. The van der Waals surface area contributed by atoms with Crippen LogP contribution in [0.15, 0.2) is 42.5 Å². The van der Waals surface area contributed by atoms with E-state index in [-0.39, 0.29) is 19.2 Å². The van der Waals surface area contributed by atoms with E-state index >= 15 is 0 Å². The van der Waals surface area contributed by atoms with Crippen LogP contribution in [-0.2, 0) is 9.53 Å². The third kappa shape index (κ3) is 5.10. The van der Waals surface area contributed by atoms with Gasteiger partial charge >= 0.3 is 6.09 Å². The average molecular weight is 415 g/mol. The van der Waals surface area contributed by atoms with Gasteiger partial charge in [0.2, 0.25) is 6.79 Å². The van der Waals surface area contributed by atoms with Crippen molar-refractivity contribution in [2.24, 2.45) is 5.73 Å². The second-order valence-electron chi connectivity index (χ2n) is 6.43. The molecule has 1 atom stereocenters. The smallest absolute Gasteiger partial charge is 0.414 e. The Labute approximate surface area is 172 Å². The number of carbonyl (C=O) groups excluding carboxylic acids is 1. The number of carbonyl (C=O) groups is 2. The van der Waals surface area contributed by atoms with Crippen LogP contribution in [0.2, 0.25) is 0 Å². The third-order valence-corrected chi connectivity index (χ3v) is 4.12. The number of cyclic esters (lactones) is 1. The summed E-state index contributed by atoms with van der Waals surface area (Å²) in [6.07, 6.45) is -0.862. The van der Waals surface area contributed by atoms with E-state index in [4.69, 9.17) is 40.0 Å². The van der Waals surface area contributed by atoms with Gasteiger partial charge < -0.3 is 29.8 Å². The van der Waals surface area contributed by atoms with Crippen molar-refractivity contribution in [1.82, 2.24) is 0 Å². The zero-order valence-electron chi connectivity index (χ0n) is 16.2. The van der Waals surface area contributed by atoms with Gasteiger partial charge in [0.15, 0.2) is 17.6 Å². The molecule has 2 aliphatic heterocycles. The van der Waals surface area contributed by atoms with E-state index in [1.807, 2.05) is 0 Å². The van der Waals surface area contributed by atoms with Gasteiger partial charge in [0.25, 0.3) is 5.97 Å². The van der Waals surface area contributed by atoms with Crippen molar-refractivity contribution in [2.45, 2.75) is 13.0 Å². The number of aliphatic carboxylic acids is 1. The highest BCUT2D eigenvalue weighted by Gasteiger charge is 2.33. The van der Waals surface area contributed by atoms with E-state index in [0.29, 0.717) is 35.0 Å². The monoisotopic (exact) mass is 415 g/mol. The lowest BCUT2D eigenvalue weighted by Crippen LogP contribution is -2.27. The van der Waals surface area contributed by atoms with E-state index in [0.717, 1.165) is 6.92 Å². The average Bonchev–Trinajstić information content (AvgIpc) is 3.31. The number of benzene rings is 2. The van der Waals surface area contributed by atoms with Crippen LogP contribution in [0, 0.1) is 5.41 Å². The number of carboxylic acid groups (broad SMARTS) is 1. The largest absolute Gasteiger partial charge is 0.490 e. The second kappa shape index (κ2) is 9.03. The molecule has 30 heavy (non-hydrogen) atoms. The molecule has 2 aromatic rings. The molecule has 1 unspecified atom stereocenters. The summed E-state index contributed by atoms with van der Waals surface area (Å²) in [7, 11) is 0. The summed E-state index contributed by atoms with van der Waals surface area (Å²) in [6.45, 7) is 1.85. The van der Waals surface area contributed by atoms with Crippen molar-refractivity contribution in [3.63, 3.8) is 0 Å². The summed E-state index contributed by atoms with van der Waals surface area (Å²) >= 11 is 0. The first-order valence-electron chi connectivity index (χ1n) is 8.98. The van der Waals surface area contributed by atoms with Crippen LogP contribution in [0.4, 0.5) is 10.5 Å². The molecule has 2 aromatic carbocycles. The highest BCUT2D eigenvalue weighted by Crippen LogP contribution is 2.35. The fourth-order valence-electron chi connectivity index (χ4n) is 2.82. The number of nitrogen functional groups attached to an aromatic ring is 1. The number of anilines is 1. The summed E-state index contributed by atoms with van der Waals surface area (Å²) < 4.78 is 21.6. The van der Waals surface area contributed by atoms with E-state index in [1.54, 1.807) is 42.5 Å². The first-order chi connectivity index (χ1) is 14.3. The zero-order valence-corrected chi connectivity index (χ0v) is 16.2. The van der Waals surface area contributed by atoms with Crippen LogP contribution in [0.25, 0.3) is 0 Å². The molecule has 10 heteroatoms. The number of nitrogens with one attached hydrogen (secondary N) is 1. The third-order valence-electron chi connectivity index (χ3n) is 4.12. The zero-order chi connectivity index (χ0) is 21.7. The van der Waals surface area contributed by atoms with Crippen molar-refractivity contribution >= 4 is 23.6 Å². The van der Waals surface area contributed by atoms with Gasteiger partial charge in [-0.2, -0.15) is 0 Å². The van der Waals surface area contributed by atoms with Crippen molar-refractivity contribution in [3.8, 4) is 17.2 Å². The van der Waals surface area contributed by atoms with Crippen LogP contribution in [0.3, 0.4) is 0 Å². The van der Waals surface area contributed by atoms with E-state index in [2.05, 4.69) is 0 Å². The lowest BCUT2D eigenvalue weighted by molar-refractivity contribution is -0.134. The van der Waals surface area contributed by atoms with Crippen molar-refractivity contribution < 1.29 is 33.6 Å². The number of amidine groups is 1. The molecule has 2 aliphatic rings. The molecule has 0 aliphatic carbocycles. The van der Waals surface area contributed by atoms with Crippen molar-refractivity contribution in [3.05, 3.63) is 48.0 Å². The summed E-state index contributed by atoms with van der Waals surface area (Å²) in [5.74, 6) is 1.04. The van der Waals surface area contributed by atoms with Crippen LogP contribution in [0.1, 0.15) is 12.5 Å². The van der Waals surface area contributed by atoms with Gasteiger partial charge in [-0.3, -0.25) is 15.1 Å². The van der Waals surface area contributed by atoms with Gasteiger partial charge in [-0.05, 0) is 24.3 Å². The second-order valence-corrected chi connectivity index (χ2v) is 6.43. The minimum absolute atomic E-state index is 0.0536. The Kier molecular flexibility index (Phi) is 6.26.